The van der Waals surface area contributed by atoms with Crippen LogP contribution in [-0.2, 0) is 9.59 Å². The van der Waals surface area contributed by atoms with E-state index < -0.39 is 5.54 Å². The smallest absolute Gasteiger partial charge is 0.256 e. The molecule has 3 aromatic rings. The van der Waals surface area contributed by atoms with Crippen molar-refractivity contribution in [3.05, 3.63) is 60.3 Å². The SMILES string of the molecule is CCN1C(=O)C2(CCCC2)N=C1c1ccc(-c2ccc3cc[nH]c3c2)cc1.O=C(C1CC1)N1CCCC1. The quantitative estimate of drug-likeness (QED) is 0.498. The molecule has 0 unspecified atom stereocenters. The second-order valence-electron chi connectivity index (χ2n) is 10.9. The van der Waals surface area contributed by atoms with Crippen molar-refractivity contribution < 1.29 is 9.59 Å². The summed E-state index contributed by atoms with van der Waals surface area (Å²) in [6.45, 7) is 4.75. The van der Waals surface area contributed by atoms with Gasteiger partial charge in [0.25, 0.3) is 5.91 Å². The Kier molecular flexibility index (Phi) is 6.35. The maximum atomic E-state index is 12.9. The minimum Gasteiger partial charge on any atom is -0.361 e. The molecule has 192 valence electrons. The van der Waals surface area contributed by atoms with Crippen molar-refractivity contribution in [2.24, 2.45) is 10.9 Å². The summed E-state index contributed by atoms with van der Waals surface area (Å²) < 4.78 is 0. The molecule has 1 spiro atoms. The maximum absolute atomic E-state index is 12.9. The van der Waals surface area contributed by atoms with Crippen LogP contribution in [0.25, 0.3) is 22.0 Å². The third-order valence-electron chi connectivity index (χ3n) is 8.34. The summed E-state index contributed by atoms with van der Waals surface area (Å²) in [7, 11) is 0. The van der Waals surface area contributed by atoms with E-state index >= 15 is 0 Å². The van der Waals surface area contributed by atoms with Gasteiger partial charge in [-0.25, -0.2) is 0 Å². The minimum absolute atomic E-state index is 0.193. The summed E-state index contributed by atoms with van der Waals surface area (Å²) in [6, 6.07) is 17.0. The number of aromatic nitrogens is 1. The third-order valence-corrected chi connectivity index (χ3v) is 8.34. The van der Waals surface area contributed by atoms with Gasteiger partial charge in [-0.15, -0.1) is 0 Å². The van der Waals surface area contributed by atoms with Gasteiger partial charge in [0.1, 0.15) is 11.4 Å². The Labute approximate surface area is 218 Å². The number of likely N-dealkylation sites (N-methyl/N-ethyl adjacent to an activating group) is 1. The van der Waals surface area contributed by atoms with E-state index in [1.807, 2.05) is 22.9 Å². The van der Waals surface area contributed by atoms with Crippen molar-refractivity contribution in [1.82, 2.24) is 14.8 Å². The molecule has 2 saturated carbocycles. The van der Waals surface area contributed by atoms with Crippen LogP contribution >= 0.6 is 0 Å². The Morgan fingerprint density at radius 2 is 1.62 bits per heavy atom. The largest absolute Gasteiger partial charge is 0.361 e. The van der Waals surface area contributed by atoms with Crippen molar-refractivity contribution in [3.63, 3.8) is 0 Å². The van der Waals surface area contributed by atoms with E-state index in [0.29, 0.717) is 18.4 Å². The number of benzene rings is 2. The summed E-state index contributed by atoms with van der Waals surface area (Å²) in [5, 5.41) is 1.22. The van der Waals surface area contributed by atoms with Crippen molar-refractivity contribution >= 4 is 28.6 Å². The van der Waals surface area contributed by atoms with Crippen molar-refractivity contribution in [1.29, 1.82) is 0 Å². The fraction of sp³-hybridized carbons (Fsp3) is 0.452. The Balaban J connectivity index is 0.000000210. The molecular weight excluding hydrogens is 460 g/mol. The summed E-state index contributed by atoms with van der Waals surface area (Å²) >= 11 is 0. The molecule has 3 heterocycles. The second kappa shape index (κ2) is 9.81. The van der Waals surface area contributed by atoms with Crippen LogP contribution in [-0.4, -0.2) is 57.6 Å². The van der Waals surface area contributed by atoms with Gasteiger partial charge in [-0.1, -0.05) is 49.2 Å². The Morgan fingerprint density at radius 1 is 0.946 bits per heavy atom. The number of fused-ring (bicyclic) bond motifs is 1. The fourth-order valence-electron chi connectivity index (χ4n) is 6.02. The van der Waals surface area contributed by atoms with Gasteiger partial charge in [0.2, 0.25) is 5.91 Å². The highest BCUT2D eigenvalue weighted by molar-refractivity contribution is 6.15. The van der Waals surface area contributed by atoms with Crippen molar-refractivity contribution in [3.8, 4) is 11.1 Å². The zero-order valence-corrected chi connectivity index (χ0v) is 21.7. The maximum Gasteiger partial charge on any atom is 0.256 e. The standard InChI is InChI=1S/C23H23N3O.C8H13NO/c1-2-26-21(25-23(22(26)27)12-3-4-13-23)18-8-5-16(6-9-18)19-10-7-17-11-14-24-20(17)15-19;10-8(7-3-4-7)9-5-1-2-6-9/h5-11,14-15,24H,2-4,12-13H2,1H3;7H,1-6H2. The molecule has 4 aliphatic rings. The van der Waals surface area contributed by atoms with Gasteiger partial charge < -0.3 is 9.88 Å². The molecule has 2 amide bonds. The number of carbonyl (C=O) groups excluding carboxylic acids is 2. The molecule has 2 aromatic carbocycles. The van der Waals surface area contributed by atoms with Crippen LogP contribution in [0.5, 0.6) is 0 Å². The second-order valence-corrected chi connectivity index (χ2v) is 10.9. The number of likely N-dealkylation sites (tertiary alicyclic amines) is 1. The predicted octanol–water partition coefficient (Wildman–Crippen LogP) is 5.78. The number of aliphatic imine (C=N–C) groups is 1. The third kappa shape index (κ3) is 4.58. The predicted molar refractivity (Wildman–Crippen MR) is 147 cm³/mol. The van der Waals surface area contributed by atoms with E-state index in [1.165, 1.54) is 29.4 Å². The van der Waals surface area contributed by atoms with E-state index in [0.717, 1.165) is 68.5 Å². The van der Waals surface area contributed by atoms with Gasteiger partial charge in [-0.2, -0.15) is 0 Å². The summed E-state index contributed by atoms with van der Waals surface area (Å²) in [6.07, 6.45) is 10.7. The number of hydrogen-bond acceptors (Lipinski definition) is 3. The molecule has 1 aromatic heterocycles. The summed E-state index contributed by atoms with van der Waals surface area (Å²) in [5.41, 5.74) is 4.03. The average Bonchev–Trinajstić information content (AvgIpc) is 3.33. The number of carbonyl (C=O) groups is 2. The molecule has 3 fully saturated rings. The lowest BCUT2D eigenvalue weighted by molar-refractivity contribution is -0.131. The molecule has 0 bridgehead atoms. The Hall–Kier alpha value is -3.41. The van der Waals surface area contributed by atoms with Crippen LogP contribution in [0.4, 0.5) is 0 Å². The van der Waals surface area contributed by atoms with E-state index in [2.05, 4.69) is 53.5 Å². The summed E-state index contributed by atoms with van der Waals surface area (Å²) in [5.74, 6) is 1.89. The van der Waals surface area contributed by atoms with E-state index in [-0.39, 0.29) is 5.91 Å². The minimum atomic E-state index is -0.483. The number of nitrogens with one attached hydrogen (secondary N) is 1. The molecule has 6 nitrogen and oxygen atoms in total. The first-order valence-electron chi connectivity index (χ1n) is 14.0. The first-order chi connectivity index (χ1) is 18.1. The normalized spacial score (nSPS) is 20.5. The highest BCUT2D eigenvalue weighted by Crippen LogP contribution is 2.40. The van der Waals surface area contributed by atoms with Gasteiger partial charge in [0.05, 0.1) is 0 Å². The van der Waals surface area contributed by atoms with Gasteiger partial charge in [-0.05, 0) is 74.1 Å². The highest BCUT2D eigenvalue weighted by Gasteiger charge is 2.49. The Bertz CT molecular complexity index is 1320. The number of aromatic amines is 1. The monoisotopic (exact) mass is 496 g/mol. The number of rotatable bonds is 4. The lowest BCUT2D eigenvalue weighted by atomic mass is 9.98. The molecule has 0 radical (unpaired) electrons. The van der Waals surface area contributed by atoms with Crippen LogP contribution in [0, 0.1) is 5.92 Å². The lowest BCUT2D eigenvalue weighted by Crippen LogP contribution is -2.41. The highest BCUT2D eigenvalue weighted by atomic mass is 16.2. The number of amides is 2. The molecule has 2 aliphatic carbocycles. The van der Waals surface area contributed by atoms with Gasteiger partial charge >= 0.3 is 0 Å². The topological polar surface area (TPSA) is 68.8 Å². The van der Waals surface area contributed by atoms with Crippen LogP contribution in [0.2, 0.25) is 0 Å². The first-order valence-corrected chi connectivity index (χ1v) is 14.0. The summed E-state index contributed by atoms with van der Waals surface area (Å²) in [4.78, 5) is 36.4. The molecular formula is C31H36N4O2. The number of hydrogen-bond donors (Lipinski definition) is 1. The lowest BCUT2D eigenvalue weighted by Gasteiger charge is -2.21. The first kappa shape index (κ1) is 24.0. The Morgan fingerprint density at radius 3 is 2.30 bits per heavy atom. The van der Waals surface area contributed by atoms with Crippen LogP contribution in [0.15, 0.2) is 59.7 Å². The van der Waals surface area contributed by atoms with E-state index in [4.69, 9.17) is 4.99 Å². The molecule has 1 saturated heterocycles. The van der Waals surface area contributed by atoms with Gasteiger partial charge in [0.15, 0.2) is 0 Å². The van der Waals surface area contributed by atoms with E-state index in [9.17, 15) is 9.59 Å². The average molecular weight is 497 g/mol. The van der Waals surface area contributed by atoms with Crippen LogP contribution in [0.1, 0.15) is 63.9 Å². The van der Waals surface area contributed by atoms with E-state index in [1.54, 1.807) is 0 Å². The van der Waals surface area contributed by atoms with Gasteiger partial charge in [0, 0.05) is 42.8 Å². The molecule has 7 rings (SSSR count). The number of H-pyrrole nitrogens is 1. The molecule has 1 N–H and O–H groups in total. The van der Waals surface area contributed by atoms with Crippen molar-refractivity contribution in [2.75, 3.05) is 19.6 Å². The molecule has 0 atom stereocenters. The van der Waals surface area contributed by atoms with Crippen LogP contribution < -0.4 is 0 Å². The molecule has 37 heavy (non-hydrogen) atoms. The molecule has 2 aliphatic heterocycles. The fourth-order valence-corrected chi connectivity index (χ4v) is 6.02. The van der Waals surface area contributed by atoms with Crippen molar-refractivity contribution in [2.45, 2.75) is 63.8 Å². The zero-order chi connectivity index (χ0) is 25.4. The van der Waals surface area contributed by atoms with Gasteiger partial charge in [-0.3, -0.25) is 19.5 Å². The molecule has 6 heteroatoms. The van der Waals surface area contributed by atoms with Crippen LogP contribution in [0.3, 0.4) is 0 Å². The number of nitrogens with zero attached hydrogens (tertiary/aromatic N) is 3. The number of amidine groups is 1. The zero-order valence-electron chi connectivity index (χ0n) is 21.7.